The van der Waals surface area contributed by atoms with Gasteiger partial charge in [-0.3, -0.25) is 10.5 Å². The van der Waals surface area contributed by atoms with Crippen molar-refractivity contribution in [1.82, 2.24) is 64.8 Å². The number of aromatic amines is 1. The molecular formula is C57H42Cl14N18O4S3. The number of carbonyl (C=O) groups is 2. The molecule has 6 N–H and O–H groups in total. The van der Waals surface area contributed by atoms with Crippen LogP contribution in [0.4, 0.5) is 0 Å². The maximum absolute atomic E-state index is 11.4. The van der Waals surface area contributed by atoms with Crippen molar-refractivity contribution in [1.29, 1.82) is 15.9 Å². The smallest absolute Gasteiger partial charge is 0.384 e. The molecule has 500 valence electrons. The van der Waals surface area contributed by atoms with Gasteiger partial charge in [-0.05, 0) is 119 Å². The predicted octanol–water partition coefficient (Wildman–Crippen LogP) is 17.5. The van der Waals surface area contributed by atoms with Crippen molar-refractivity contribution in [3.8, 4) is 47.3 Å². The molecule has 0 saturated heterocycles. The Labute approximate surface area is 634 Å². The van der Waals surface area contributed by atoms with Crippen molar-refractivity contribution in [2.75, 3.05) is 6.26 Å². The molecular weight excluding hydrogens is 1590 g/mol. The molecule has 0 saturated carbocycles. The van der Waals surface area contributed by atoms with Gasteiger partial charge >= 0.3 is 11.9 Å². The number of esters is 2. The monoisotopic (exact) mass is 1630 g/mol. The number of H-pyrrole nitrogens is 1. The fraction of sp³-hybridized carbons (Fsp3) is 0.123. The number of ether oxygens (including phenoxy) is 2. The van der Waals surface area contributed by atoms with E-state index in [1.54, 1.807) is 88.4 Å². The Balaban J connectivity index is 0.000000380. The van der Waals surface area contributed by atoms with E-state index >= 15 is 0 Å². The third kappa shape index (κ3) is 36.1. The summed E-state index contributed by atoms with van der Waals surface area (Å²) in [6, 6.07) is 25.6. The summed E-state index contributed by atoms with van der Waals surface area (Å²) in [6.07, 6.45) is 11.8. The highest BCUT2D eigenvalue weighted by molar-refractivity contribution is 8.13. The second-order valence-electron chi connectivity index (χ2n) is 17.3. The number of nitrogens with two attached hydrogens (primary N) is 2. The van der Waals surface area contributed by atoms with Gasteiger partial charge in [0, 0.05) is 46.0 Å². The highest BCUT2D eigenvalue weighted by Crippen LogP contribution is 2.24. The Hall–Kier alpha value is -6.59. The molecule has 22 nitrogen and oxygen atoms in total. The third-order valence-electron chi connectivity index (χ3n) is 9.26. The molecule has 0 aliphatic rings. The maximum Gasteiger partial charge on any atom is 0.384 e. The number of aromatic nitrogens is 13. The fourth-order valence-corrected chi connectivity index (χ4v) is 9.48. The minimum absolute atomic E-state index is 0.112. The van der Waals surface area contributed by atoms with Crippen LogP contribution < -0.4 is 11.5 Å². The lowest BCUT2D eigenvalue weighted by Gasteiger charge is -2.03. The molecule has 0 fully saturated rings. The van der Waals surface area contributed by atoms with Crippen molar-refractivity contribution >= 4 is 232 Å². The summed E-state index contributed by atoms with van der Waals surface area (Å²) < 4.78 is 10.9. The molecule has 0 aliphatic heterocycles. The fourth-order valence-electron chi connectivity index (χ4n) is 5.66. The van der Waals surface area contributed by atoms with E-state index in [1.165, 1.54) is 65.6 Å². The van der Waals surface area contributed by atoms with Gasteiger partial charge in [-0.25, -0.2) is 59.1 Å². The number of thioether (sulfide) groups is 1. The quantitative estimate of drug-likeness (QED) is 0.0152. The van der Waals surface area contributed by atoms with E-state index in [-0.39, 0.29) is 53.1 Å². The topological polar surface area (TPSA) is 339 Å². The first kappa shape index (κ1) is 85.5. The zero-order chi connectivity index (χ0) is 72.4. The number of hydrogen-bond donors (Lipinski definition) is 4. The average molecular weight is 1640 g/mol. The van der Waals surface area contributed by atoms with Gasteiger partial charge in [0.25, 0.3) is 0 Å². The average Bonchev–Trinajstić information content (AvgIpc) is 1.71. The Morgan fingerprint density at radius 3 is 1.19 bits per heavy atom. The van der Waals surface area contributed by atoms with E-state index in [0.717, 1.165) is 5.56 Å². The van der Waals surface area contributed by atoms with Crippen LogP contribution in [0.5, 0.6) is 0 Å². The van der Waals surface area contributed by atoms with Gasteiger partial charge in [0.2, 0.25) is 0 Å². The zero-order valence-electron chi connectivity index (χ0n) is 49.2. The van der Waals surface area contributed by atoms with E-state index in [0.29, 0.717) is 91.3 Å². The molecule has 0 unspecified atom stereocenters. The summed E-state index contributed by atoms with van der Waals surface area (Å²) in [5.41, 5.74) is 14.9. The number of nitriles is 2. The Kier molecular flexibility index (Phi) is 40.1. The Morgan fingerprint density at radius 2 is 0.896 bits per heavy atom. The minimum Gasteiger partial charge on any atom is -0.460 e. The van der Waals surface area contributed by atoms with Crippen LogP contribution in [0.1, 0.15) is 55.5 Å². The lowest BCUT2D eigenvalue weighted by atomic mass is 10.2. The Morgan fingerprint density at radius 1 is 0.562 bits per heavy atom. The van der Waals surface area contributed by atoms with E-state index < -0.39 is 11.9 Å². The number of nitrogens with zero attached hydrogens (tertiary/aromatic N) is 14. The van der Waals surface area contributed by atoms with Crippen molar-refractivity contribution < 1.29 is 19.1 Å². The van der Waals surface area contributed by atoms with Gasteiger partial charge in [-0.2, -0.15) is 15.6 Å². The summed E-state index contributed by atoms with van der Waals surface area (Å²) in [5.74, 6) is 1.83. The number of terminal acetylenes is 1. The van der Waals surface area contributed by atoms with E-state index in [9.17, 15) is 9.59 Å². The van der Waals surface area contributed by atoms with Crippen molar-refractivity contribution in [2.45, 2.75) is 39.9 Å². The molecule has 0 radical (unpaired) electrons. The van der Waals surface area contributed by atoms with Gasteiger partial charge in [-0.15, -0.1) is 23.3 Å². The second-order valence-corrected chi connectivity index (χ2v) is 24.4. The first-order valence-electron chi connectivity index (χ1n) is 25.3. The lowest BCUT2D eigenvalue weighted by Crippen LogP contribution is -2.09. The van der Waals surface area contributed by atoms with Crippen LogP contribution in [-0.2, 0) is 19.1 Å². The molecule has 0 aliphatic carbocycles. The molecule has 0 bridgehead atoms. The van der Waals surface area contributed by atoms with Crippen molar-refractivity contribution in [3.63, 3.8) is 0 Å². The summed E-state index contributed by atoms with van der Waals surface area (Å²) in [4.78, 5) is 56.4. The summed E-state index contributed by atoms with van der Waals surface area (Å²) >= 11 is 89.4. The summed E-state index contributed by atoms with van der Waals surface area (Å²) in [7, 11) is 0. The molecule has 39 heteroatoms. The third-order valence-corrected chi connectivity index (χ3v) is 13.1. The molecule has 0 spiro atoms. The molecule has 96 heavy (non-hydrogen) atoms. The SMILES string of the molecule is C#CC(=O)OC(C)C.CC(C)OC(=O)/C=C\n1cnc(-c2cc(Cl)nc(Cl)c2)n1.CSC(=N)c1cc(Cl)nc(Cl)c1.Clc1cc(-c2ncn[nH]2)cc(Cl)n1.N#Cc1cc(Cl)nc(Cl)c1.N#Cc1cc(Cl)nc(Cl)c1.NC(=S)c1cc(Cl)nc(Cl)c1.NC(=S)c1cc(Cl)nc(Cl)c1. The van der Waals surface area contributed by atoms with Gasteiger partial charge < -0.3 is 20.9 Å². The first-order valence-corrected chi connectivity index (χ1v) is 32.6. The molecule has 9 rings (SSSR count). The van der Waals surface area contributed by atoms with Gasteiger partial charge in [0.1, 0.15) is 94.8 Å². The molecule has 0 amide bonds. The highest BCUT2D eigenvalue weighted by Gasteiger charge is 2.10. The molecule has 0 atom stereocenters. The lowest BCUT2D eigenvalue weighted by molar-refractivity contribution is -0.141. The number of carbonyl (C=O) groups excluding carboxylic acids is 2. The number of hydrogen-bond acceptors (Lipinski definition) is 21. The largest absolute Gasteiger partial charge is 0.460 e. The second kappa shape index (κ2) is 45.1. The maximum atomic E-state index is 11.4. The molecule has 9 aromatic rings. The van der Waals surface area contributed by atoms with Crippen LogP contribution in [0.3, 0.4) is 0 Å². The first-order chi connectivity index (χ1) is 45.1. The highest BCUT2D eigenvalue weighted by atomic mass is 35.5. The van der Waals surface area contributed by atoms with Gasteiger partial charge in [0.15, 0.2) is 11.6 Å². The number of nitrogens with one attached hydrogen (secondary N) is 2. The van der Waals surface area contributed by atoms with Crippen LogP contribution in [0, 0.1) is 40.4 Å². The molecule has 0 aromatic carbocycles. The number of pyridine rings is 7. The molecule has 9 heterocycles. The van der Waals surface area contributed by atoms with Gasteiger partial charge in [-0.1, -0.05) is 187 Å². The van der Waals surface area contributed by atoms with E-state index in [2.05, 4.69) is 64.9 Å². The Bertz CT molecular complexity index is 4040. The van der Waals surface area contributed by atoms with Crippen LogP contribution in [0.25, 0.3) is 29.0 Å². The van der Waals surface area contributed by atoms with Crippen LogP contribution in [-0.4, -0.2) is 110 Å². The van der Waals surface area contributed by atoms with E-state index in [4.69, 9.17) is 225 Å². The van der Waals surface area contributed by atoms with Gasteiger partial charge in [0.05, 0.1) is 40.5 Å². The zero-order valence-corrected chi connectivity index (χ0v) is 62.2. The minimum atomic E-state index is -0.597. The van der Waals surface area contributed by atoms with Crippen molar-refractivity contribution in [3.05, 3.63) is 204 Å². The number of rotatable bonds is 9. The normalized spacial score (nSPS) is 9.85. The predicted molar refractivity (Wildman–Crippen MR) is 392 cm³/mol. The summed E-state index contributed by atoms with van der Waals surface area (Å²) in [6.45, 7) is 7.04. The van der Waals surface area contributed by atoms with E-state index in [1.807, 2.05) is 24.3 Å². The number of thiocarbonyl (C=S) groups is 2. The molecule has 9 aromatic heterocycles. The van der Waals surface area contributed by atoms with Crippen LogP contribution in [0.2, 0.25) is 72.1 Å². The standard InChI is InChI=1S/C13H12Cl2N4O2.C7H4Cl2N4.C7H6Cl2N2S.2C6H4Cl2N2S.2C6H2Cl2N2.C6H8O2/c1-8(2)21-12(20)3-4-19-7-16-13(18-19)9-5-10(14)17-11(15)6-9;8-5-1-4(2-6(9)12-5)7-10-3-11-13-7;1-12-7(10)4-2-5(8)11-6(9)3-4;2*7-4-1-3(6(9)11)2-5(8)10-4;2*7-5-1-4(3-9)2-6(8)10-5;1-4-6(7)8-5(2)3/h3-8H,1-2H3;1-3H,(H,10,11,13);2-3,10H,1H3;2*1-2H,(H2,9,11);2*1-2H;1,5H,2-3H3/b4-3-;;;;;;;. The van der Waals surface area contributed by atoms with Crippen molar-refractivity contribution in [2.24, 2.45) is 11.5 Å². The summed E-state index contributed by atoms with van der Waals surface area (Å²) in [5, 5.41) is 39.2. The van der Waals surface area contributed by atoms with Crippen LogP contribution >= 0.6 is 199 Å². The number of halogens is 14. The van der Waals surface area contributed by atoms with Crippen LogP contribution in [0.15, 0.2) is 104 Å².